The van der Waals surface area contributed by atoms with Gasteiger partial charge in [-0.2, -0.15) is 5.10 Å². The van der Waals surface area contributed by atoms with Gasteiger partial charge in [0.2, 0.25) is 5.91 Å². The Morgan fingerprint density at radius 2 is 1.94 bits per heavy atom. The second kappa shape index (κ2) is 8.27. The van der Waals surface area contributed by atoms with Crippen LogP contribution in [0, 0.1) is 11.8 Å². The number of ether oxygens (including phenoxy) is 1. The zero-order valence-corrected chi connectivity index (χ0v) is 19.4. The third-order valence-electron chi connectivity index (χ3n) is 6.98. The molecule has 0 saturated carbocycles. The summed E-state index contributed by atoms with van der Waals surface area (Å²) in [6.45, 7) is 5.55. The Bertz CT molecular complexity index is 1350. The molecular formula is C24H27N5O5. The standard InChI is InChI=1S/C24H27N5O5/c1-13(2)21(27-11-16-20(25-26-22(16)31)17(12-27)24(33)34-3)23(32)28-8-14-7-15(10-28)18-5-4-6-19(30)29(18)9-14/h4-6,11-15,21H,7-10H2,1-3H3,(H,26,31)/t14-,15+,21+/m1/s1. The lowest BCUT2D eigenvalue weighted by Gasteiger charge is -2.44. The van der Waals surface area contributed by atoms with Crippen LogP contribution >= 0.6 is 0 Å². The van der Waals surface area contributed by atoms with Gasteiger partial charge < -0.3 is 18.8 Å². The van der Waals surface area contributed by atoms with Crippen LogP contribution in [0.5, 0.6) is 0 Å². The van der Waals surface area contributed by atoms with Gasteiger partial charge in [-0.3, -0.25) is 14.4 Å². The van der Waals surface area contributed by atoms with E-state index in [-0.39, 0.29) is 46.0 Å². The van der Waals surface area contributed by atoms with Crippen molar-refractivity contribution < 1.29 is 14.3 Å². The number of nitrogens with one attached hydrogen (secondary N) is 1. The van der Waals surface area contributed by atoms with Gasteiger partial charge in [0, 0.05) is 49.7 Å². The molecule has 1 saturated heterocycles. The topological polar surface area (TPSA) is 119 Å². The van der Waals surface area contributed by atoms with Crippen LogP contribution in [-0.2, 0) is 16.1 Å². The maximum atomic E-state index is 13.9. The Hall–Kier alpha value is -3.69. The molecule has 4 aliphatic heterocycles. The largest absolute Gasteiger partial charge is 0.465 e. The quantitative estimate of drug-likeness (QED) is 0.583. The summed E-state index contributed by atoms with van der Waals surface area (Å²) in [6, 6.07) is 4.69. The van der Waals surface area contributed by atoms with Crippen LogP contribution in [0.2, 0.25) is 0 Å². The van der Waals surface area contributed by atoms with Gasteiger partial charge in [-0.25, -0.2) is 9.89 Å². The first-order valence-electron chi connectivity index (χ1n) is 11.4. The number of likely N-dealkylation sites (tertiary alicyclic amines) is 1. The van der Waals surface area contributed by atoms with Crippen molar-refractivity contribution in [2.75, 3.05) is 20.2 Å². The third kappa shape index (κ3) is 3.53. The smallest absolute Gasteiger partial charge is 0.341 e. The number of hydrogen-bond acceptors (Lipinski definition) is 6. The summed E-state index contributed by atoms with van der Waals surface area (Å²) in [6.07, 6.45) is 4.06. The number of amides is 1. The monoisotopic (exact) mass is 465 g/mol. The van der Waals surface area contributed by atoms with Crippen molar-refractivity contribution in [3.8, 4) is 11.3 Å². The van der Waals surface area contributed by atoms with Gasteiger partial charge >= 0.3 is 5.97 Å². The third-order valence-corrected chi connectivity index (χ3v) is 6.98. The maximum absolute atomic E-state index is 13.9. The van der Waals surface area contributed by atoms with E-state index in [1.54, 1.807) is 22.9 Å². The van der Waals surface area contributed by atoms with Crippen LogP contribution in [-0.4, -0.2) is 56.3 Å². The second-order valence-electron chi connectivity index (χ2n) is 9.56. The number of esters is 1. The highest BCUT2D eigenvalue weighted by Gasteiger charge is 2.39. The first-order chi connectivity index (χ1) is 16.3. The number of aromatic amines is 1. The van der Waals surface area contributed by atoms with Gasteiger partial charge in [0.05, 0.1) is 12.7 Å². The number of rotatable bonds is 4. The van der Waals surface area contributed by atoms with E-state index in [9.17, 15) is 19.2 Å². The second-order valence-corrected chi connectivity index (χ2v) is 9.56. The highest BCUT2D eigenvalue weighted by atomic mass is 16.5. The Morgan fingerprint density at radius 3 is 2.68 bits per heavy atom. The lowest BCUT2D eigenvalue weighted by atomic mass is 9.82. The van der Waals surface area contributed by atoms with Crippen LogP contribution in [0.1, 0.15) is 48.3 Å². The molecular weight excluding hydrogens is 438 g/mol. The molecule has 0 aromatic carbocycles. The van der Waals surface area contributed by atoms with E-state index in [4.69, 9.17) is 4.74 Å². The zero-order chi connectivity index (χ0) is 24.1. The molecule has 1 aromatic rings. The van der Waals surface area contributed by atoms with Gasteiger partial charge in [-0.1, -0.05) is 19.9 Å². The molecule has 34 heavy (non-hydrogen) atoms. The minimum absolute atomic E-state index is 0.000222. The molecule has 1 N–H and O–H groups in total. The predicted octanol–water partition coefficient (Wildman–Crippen LogP) is 1.47. The van der Waals surface area contributed by atoms with Crippen molar-refractivity contribution in [3.05, 3.63) is 62.6 Å². The van der Waals surface area contributed by atoms with E-state index >= 15 is 0 Å². The normalized spacial score (nSPS) is 20.3. The number of H-pyrrole nitrogens is 1. The minimum Gasteiger partial charge on any atom is -0.465 e. The number of hydrogen-bond donors (Lipinski definition) is 1. The van der Waals surface area contributed by atoms with E-state index in [2.05, 4.69) is 10.2 Å². The first-order valence-corrected chi connectivity index (χ1v) is 11.4. The molecule has 5 heterocycles. The van der Waals surface area contributed by atoms with Gasteiger partial charge in [0.25, 0.3) is 11.1 Å². The van der Waals surface area contributed by atoms with Gasteiger partial charge in [-0.05, 0) is 24.3 Å². The fraction of sp³-hybridized carbons (Fsp3) is 0.458. The van der Waals surface area contributed by atoms with E-state index in [1.807, 2.05) is 29.4 Å². The molecule has 0 spiro atoms. The molecule has 4 aliphatic rings. The molecule has 0 unspecified atom stereocenters. The summed E-state index contributed by atoms with van der Waals surface area (Å²) < 4.78 is 8.36. The number of methoxy groups -OCH3 is 1. The number of nitrogens with zero attached hydrogens (tertiary/aromatic N) is 4. The summed E-state index contributed by atoms with van der Waals surface area (Å²) in [7, 11) is 1.26. The summed E-state index contributed by atoms with van der Waals surface area (Å²) in [5.74, 6) is -0.524. The summed E-state index contributed by atoms with van der Waals surface area (Å²) in [5, 5.41) is 6.33. The fourth-order valence-electron chi connectivity index (χ4n) is 5.50. The van der Waals surface area contributed by atoms with E-state index in [0.29, 0.717) is 19.6 Å². The van der Waals surface area contributed by atoms with Crippen molar-refractivity contribution in [1.82, 2.24) is 24.2 Å². The van der Waals surface area contributed by atoms with Crippen molar-refractivity contribution in [1.29, 1.82) is 0 Å². The zero-order valence-electron chi connectivity index (χ0n) is 19.4. The van der Waals surface area contributed by atoms with Crippen molar-refractivity contribution in [2.45, 2.75) is 38.8 Å². The summed E-state index contributed by atoms with van der Waals surface area (Å²) in [5.41, 5.74) is 1.11. The van der Waals surface area contributed by atoms with Crippen LogP contribution < -0.4 is 11.1 Å². The molecule has 178 valence electrons. The van der Waals surface area contributed by atoms with E-state index in [1.165, 1.54) is 13.3 Å². The number of carbonyl (C=O) groups is 2. The molecule has 3 atom stereocenters. The molecule has 1 amide bonds. The Morgan fingerprint density at radius 1 is 1.15 bits per heavy atom. The average Bonchev–Trinajstić information content (AvgIpc) is 3.19. The summed E-state index contributed by atoms with van der Waals surface area (Å²) >= 11 is 0. The minimum atomic E-state index is -0.629. The van der Waals surface area contributed by atoms with Crippen LogP contribution in [0.4, 0.5) is 0 Å². The number of pyridine rings is 2. The Balaban J connectivity index is 1.52. The molecule has 1 fully saturated rings. The van der Waals surface area contributed by atoms with E-state index in [0.717, 1.165) is 12.1 Å². The number of aromatic nitrogens is 4. The molecule has 10 heteroatoms. The molecule has 1 aromatic heterocycles. The van der Waals surface area contributed by atoms with E-state index < -0.39 is 17.6 Å². The van der Waals surface area contributed by atoms with Gasteiger partial charge in [-0.15, -0.1) is 0 Å². The SMILES string of the molecule is COC(=O)c1cn([C@H](C(=O)N2C[C@H]3C[C@@H](C2)c2cccc(=O)n2C3)C(C)C)cc2c(=O)[nH]nc1-2. The van der Waals surface area contributed by atoms with Gasteiger partial charge in [0.15, 0.2) is 0 Å². The van der Waals surface area contributed by atoms with Crippen LogP contribution in [0.25, 0.3) is 11.3 Å². The molecule has 5 rings (SSSR count). The van der Waals surface area contributed by atoms with Crippen molar-refractivity contribution in [2.24, 2.45) is 11.8 Å². The fourth-order valence-corrected chi connectivity index (χ4v) is 5.50. The summed E-state index contributed by atoms with van der Waals surface area (Å²) in [4.78, 5) is 52.8. The van der Waals surface area contributed by atoms with Crippen LogP contribution in [0.15, 0.2) is 40.2 Å². The number of piperidine rings is 1. The molecule has 2 bridgehead atoms. The lowest BCUT2D eigenvalue weighted by molar-refractivity contribution is -0.139. The molecule has 10 nitrogen and oxygen atoms in total. The van der Waals surface area contributed by atoms with Crippen molar-refractivity contribution in [3.63, 3.8) is 0 Å². The highest BCUT2D eigenvalue weighted by Crippen LogP contribution is 2.37. The maximum Gasteiger partial charge on any atom is 0.341 e. The first kappa shape index (κ1) is 22.1. The van der Waals surface area contributed by atoms with Gasteiger partial charge in [0.1, 0.15) is 17.3 Å². The highest BCUT2D eigenvalue weighted by molar-refractivity contribution is 5.96. The molecule has 0 aliphatic carbocycles. The van der Waals surface area contributed by atoms with Crippen LogP contribution in [0.3, 0.4) is 0 Å². The van der Waals surface area contributed by atoms with Crippen molar-refractivity contribution >= 4 is 11.9 Å². The molecule has 0 radical (unpaired) electrons. The predicted molar refractivity (Wildman–Crippen MR) is 123 cm³/mol. The average molecular weight is 466 g/mol. The number of carbonyl (C=O) groups excluding carboxylic acids is 2. The Labute approximate surface area is 195 Å². The lowest BCUT2D eigenvalue weighted by Crippen LogP contribution is -2.51. The number of fused-ring (bicyclic) bond motifs is 5. The Kier molecular flexibility index (Phi) is 5.38.